The number of rotatable bonds is 9. The predicted octanol–water partition coefficient (Wildman–Crippen LogP) is 3.70. The first-order chi connectivity index (χ1) is 17.5. The Bertz CT molecular complexity index is 1170. The Hall–Kier alpha value is -3.91. The van der Waals surface area contributed by atoms with E-state index in [1.54, 1.807) is 6.07 Å². The number of carbonyl (C=O) groups is 3. The van der Waals surface area contributed by atoms with Gasteiger partial charge >= 0.3 is 0 Å². The van der Waals surface area contributed by atoms with Crippen LogP contribution in [0.5, 0.6) is 0 Å². The molecular formula is C28H31N3O5. The predicted molar refractivity (Wildman–Crippen MR) is 136 cm³/mol. The summed E-state index contributed by atoms with van der Waals surface area (Å²) in [4.78, 5) is 41.4. The Morgan fingerprint density at radius 1 is 0.972 bits per heavy atom. The summed E-state index contributed by atoms with van der Waals surface area (Å²) in [6.07, 6.45) is 3.20. The third-order valence-electron chi connectivity index (χ3n) is 6.24. The molecular weight excluding hydrogens is 458 g/mol. The van der Waals surface area contributed by atoms with Crippen molar-refractivity contribution in [2.45, 2.75) is 38.8 Å². The number of amides is 3. The van der Waals surface area contributed by atoms with Gasteiger partial charge in [0.2, 0.25) is 11.8 Å². The Morgan fingerprint density at radius 3 is 2.36 bits per heavy atom. The van der Waals surface area contributed by atoms with Gasteiger partial charge in [-0.3, -0.25) is 19.3 Å². The van der Waals surface area contributed by atoms with E-state index in [-0.39, 0.29) is 24.3 Å². The minimum absolute atomic E-state index is 0.0395. The summed E-state index contributed by atoms with van der Waals surface area (Å²) in [7, 11) is 0. The SMILES string of the molecule is Cc1cccc(C)c1N(C(=O)CNC(=O)c1ccco1)[C@@H](C(=O)NC[C@@H]1CCCO1)c1ccccc1. The lowest BCUT2D eigenvalue weighted by atomic mass is 9.99. The molecule has 3 amide bonds. The van der Waals surface area contributed by atoms with Crippen molar-refractivity contribution in [1.29, 1.82) is 0 Å². The van der Waals surface area contributed by atoms with E-state index >= 15 is 0 Å². The number of furan rings is 1. The van der Waals surface area contributed by atoms with E-state index < -0.39 is 17.9 Å². The van der Waals surface area contributed by atoms with Gasteiger partial charge in [-0.1, -0.05) is 48.5 Å². The van der Waals surface area contributed by atoms with Crippen molar-refractivity contribution in [2.24, 2.45) is 0 Å². The topological polar surface area (TPSA) is 101 Å². The molecule has 0 saturated carbocycles. The van der Waals surface area contributed by atoms with E-state index in [0.717, 1.165) is 24.0 Å². The highest BCUT2D eigenvalue weighted by atomic mass is 16.5. The van der Waals surface area contributed by atoms with Gasteiger partial charge in [0.15, 0.2) is 5.76 Å². The molecule has 0 unspecified atom stereocenters. The number of anilines is 1. The molecule has 8 heteroatoms. The highest BCUT2D eigenvalue weighted by molar-refractivity contribution is 6.05. The molecule has 1 fully saturated rings. The summed E-state index contributed by atoms with van der Waals surface area (Å²) in [6, 6.07) is 17.1. The summed E-state index contributed by atoms with van der Waals surface area (Å²) in [5, 5.41) is 5.61. The number of carbonyl (C=O) groups excluding carboxylic acids is 3. The fourth-order valence-electron chi connectivity index (χ4n) is 4.49. The standard InChI is InChI=1S/C28H31N3O5/c1-19-9-6-10-20(2)25(19)31(24(32)18-30-27(33)23-14-8-16-36-23)26(21-11-4-3-5-12-21)28(34)29-17-22-13-7-15-35-22/h3-6,8-12,14,16,22,26H,7,13,15,17-18H2,1-2H3,(H,29,34)(H,30,33)/t22-,26+/m0/s1. The van der Waals surface area contributed by atoms with Crippen molar-refractivity contribution in [1.82, 2.24) is 10.6 Å². The van der Waals surface area contributed by atoms with E-state index in [9.17, 15) is 14.4 Å². The zero-order valence-electron chi connectivity index (χ0n) is 20.5. The van der Waals surface area contributed by atoms with Gasteiger partial charge in [-0.2, -0.15) is 0 Å². The molecule has 8 nitrogen and oxygen atoms in total. The van der Waals surface area contributed by atoms with Crippen LogP contribution in [-0.2, 0) is 14.3 Å². The Kier molecular flexibility index (Phi) is 8.17. The van der Waals surface area contributed by atoms with Gasteiger partial charge in [0.1, 0.15) is 6.04 Å². The van der Waals surface area contributed by atoms with Crippen molar-refractivity contribution >= 4 is 23.4 Å². The fraction of sp³-hybridized carbons (Fsp3) is 0.321. The lowest BCUT2D eigenvalue weighted by Gasteiger charge is -2.34. The summed E-state index contributed by atoms with van der Waals surface area (Å²) < 4.78 is 10.8. The normalized spacial score (nSPS) is 15.8. The monoisotopic (exact) mass is 489 g/mol. The van der Waals surface area contributed by atoms with Crippen LogP contribution >= 0.6 is 0 Å². The molecule has 0 radical (unpaired) electrons. The van der Waals surface area contributed by atoms with Crippen LogP contribution < -0.4 is 15.5 Å². The van der Waals surface area contributed by atoms with Crippen LogP contribution in [0.1, 0.15) is 46.1 Å². The van der Waals surface area contributed by atoms with Crippen LogP contribution in [0.15, 0.2) is 71.3 Å². The van der Waals surface area contributed by atoms with Crippen molar-refractivity contribution in [2.75, 3.05) is 24.6 Å². The minimum Gasteiger partial charge on any atom is -0.459 e. The molecule has 0 bridgehead atoms. The molecule has 1 aliphatic rings. The second kappa shape index (κ2) is 11.7. The van der Waals surface area contributed by atoms with Crippen molar-refractivity contribution < 1.29 is 23.5 Å². The average Bonchev–Trinajstić information content (AvgIpc) is 3.60. The summed E-state index contributed by atoms with van der Waals surface area (Å²) >= 11 is 0. The smallest absolute Gasteiger partial charge is 0.287 e. The number of benzene rings is 2. The van der Waals surface area contributed by atoms with Crippen molar-refractivity contribution in [3.05, 3.63) is 89.4 Å². The lowest BCUT2D eigenvalue weighted by molar-refractivity contribution is -0.126. The maximum absolute atomic E-state index is 13.8. The molecule has 1 saturated heterocycles. The molecule has 0 aliphatic carbocycles. The summed E-state index contributed by atoms with van der Waals surface area (Å²) in [6.45, 7) is 4.54. The molecule has 188 valence electrons. The third kappa shape index (κ3) is 5.83. The number of ether oxygens (including phenoxy) is 1. The molecule has 1 aromatic heterocycles. The molecule has 4 rings (SSSR count). The van der Waals surface area contributed by atoms with Gasteiger partial charge in [-0.15, -0.1) is 0 Å². The molecule has 2 heterocycles. The molecule has 36 heavy (non-hydrogen) atoms. The van der Waals surface area contributed by atoms with Crippen LogP contribution in [0.25, 0.3) is 0 Å². The number of para-hydroxylation sites is 1. The first-order valence-electron chi connectivity index (χ1n) is 12.1. The number of nitrogens with zero attached hydrogens (tertiary/aromatic N) is 1. The molecule has 2 N–H and O–H groups in total. The van der Waals surface area contributed by atoms with Gasteiger partial charge in [0.05, 0.1) is 24.6 Å². The first kappa shape index (κ1) is 25.2. The molecule has 2 aromatic carbocycles. The highest BCUT2D eigenvalue weighted by Gasteiger charge is 2.35. The Labute approximate surface area is 210 Å². The van der Waals surface area contributed by atoms with E-state index in [4.69, 9.17) is 9.15 Å². The first-order valence-corrected chi connectivity index (χ1v) is 12.1. The maximum Gasteiger partial charge on any atom is 0.287 e. The van der Waals surface area contributed by atoms with Gasteiger partial charge in [-0.25, -0.2) is 0 Å². The summed E-state index contributed by atoms with van der Waals surface area (Å²) in [5.74, 6) is -1.14. The molecule has 2 atom stereocenters. The molecule has 0 spiro atoms. The second-order valence-corrected chi connectivity index (χ2v) is 8.86. The number of aryl methyl sites for hydroxylation is 2. The van der Waals surface area contributed by atoms with Gasteiger partial charge in [0, 0.05) is 13.2 Å². The fourth-order valence-corrected chi connectivity index (χ4v) is 4.49. The molecule has 3 aromatic rings. The zero-order chi connectivity index (χ0) is 25.5. The van der Waals surface area contributed by atoms with E-state index in [1.807, 2.05) is 62.4 Å². The third-order valence-corrected chi connectivity index (χ3v) is 6.24. The van der Waals surface area contributed by atoms with Crippen molar-refractivity contribution in [3.63, 3.8) is 0 Å². The average molecular weight is 490 g/mol. The minimum atomic E-state index is -0.944. The highest BCUT2D eigenvalue weighted by Crippen LogP contribution is 2.33. The van der Waals surface area contributed by atoms with E-state index in [0.29, 0.717) is 24.4 Å². The molecule has 1 aliphatic heterocycles. The van der Waals surface area contributed by atoms with Crippen LogP contribution in [0, 0.1) is 13.8 Å². The van der Waals surface area contributed by atoms with Crippen LogP contribution in [0.3, 0.4) is 0 Å². The van der Waals surface area contributed by atoms with E-state index in [2.05, 4.69) is 10.6 Å². The van der Waals surface area contributed by atoms with Gasteiger partial charge in [-0.05, 0) is 55.5 Å². The van der Waals surface area contributed by atoms with Crippen molar-refractivity contribution in [3.8, 4) is 0 Å². The Morgan fingerprint density at radius 2 is 1.72 bits per heavy atom. The van der Waals surface area contributed by atoms with E-state index in [1.165, 1.54) is 17.2 Å². The number of hydrogen-bond acceptors (Lipinski definition) is 5. The quantitative estimate of drug-likeness (QED) is 0.477. The van der Waals surface area contributed by atoms with Gasteiger partial charge < -0.3 is 19.8 Å². The zero-order valence-corrected chi connectivity index (χ0v) is 20.5. The number of nitrogens with one attached hydrogen (secondary N) is 2. The van der Waals surface area contributed by atoms with Crippen LogP contribution in [0.4, 0.5) is 5.69 Å². The van der Waals surface area contributed by atoms with Crippen LogP contribution in [-0.4, -0.2) is 43.5 Å². The van der Waals surface area contributed by atoms with Crippen LogP contribution in [0.2, 0.25) is 0 Å². The van der Waals surface area contributed by atoms with Gasteiger partial charge in [0.25, 0.3) is 5.91 Å². The lowest BCUT2D eigenvalue weighted by Crippen LogP contribution is -2.49. The largest absolute Gasteiger partial charge is 0.459 e. The Balaban J connectivity index is 1.68. The number of hydrogen-bond donors (Lipinski definition) is 2. The maximum atomic E-state index is 13.8. The second-order valence-electron chi connectivity index (χ2n) is 8.86. The summed E-state index contributed by atoms with van der Waals surface area (Å²) in [5.41, 5.74) is 2.98.